The molecule has 0 aliphatic heterocycles. The SMILES string of the molecule is CCN(CC=O)c1cccc(C)c1.[BiH3]. The van der Waals surface area contributed by atoms with Gasteiger partial charge in [0.1, 0.15) is 6.29 Å². The number of carbonyl (C=O) groups excluding carboxylic acids is 1. The van der Waals surface area contributed by atoms with Crippen LogP contribution in [0.25, 0.3) is 0 Å². The Morgan fingerprint density at radius 1 is 1.43 bits per heavy atom. The van der Waals surface area contributed by atoms with Crippen LogP contribution in [0.15, 0.2) is 24.3 Å². The van der Waals surface area contributed by atoms with Crippen LogP contribution >= 0.6 is 0 Å². The maximum atomic E-state index is 10.4. The predicted molar refractivity (Wildman–Crippen MR) is 65.1 cm³/mol. The molecule has 1 aromatic carbocycles. The maximum absolute atomic E-state index is 10.4. The molecule has 0 atom stereocenters. The van der Waals surface area contributed by atoms with E-state index >= 15 is 0 Å². The Hall–Kier alpha value is -0.427. The van der Waals surface area contributed by atoms with Crippen molar-refractivity contribution in [3.8, 4) is 0 Å². The number of likely N-dealkylation sites (N-methyl/N-ethyl adjacent to an activating group) is 1. The topological polar surface area (TPSA) is 20.3 Å². The number of benzene rings is 1. The van der Waals surface area contributed by atoms with E-state index in [-0.39, 0.29) is 26.2 Å². The molecule has 78 valence electrons. The molecule has 1 rings (SSSR count). The fraction of sp³-hybridized carbons (Fsp3) is 0.364. The van der Waals surface area contributed by atoms with Crippen molar-refractivity contribution in [2.45, 2.75) is 13.8 Å². The molecule has 0 bridgehead atoms. The molecule has 0 aliphatic carbocycles. The van der Waals surface area contributed by atoms with E-state index in [2.05, 4.69) is 19.1 Å². The first-order valence-corrected chi connectivity index (χ1v) is 4.53. The van der Waals surface area contributed by atoms with Crippen LogP contribution in [-0.2, 0) is 4.79 Å². The van der Waals surface area contributed by atoms with Crippen LogP contribution < -0.4 is 4.90 Å². The summed E-state index contributed by atoms with van der Waals surface area (Å²) in [4.78, 5) is 12.4. The van der Waals surface area contributed by atoms with Gasteiger partial charge in [-0.1, -0.05) is 12.1 Å². The van der Waals surface area contributed by atoms with Crippen LogP contribution in [0.3, 0.4) is 0 Å². The quantitative estimate of drug-likeness (QED) is 0.562. The number of hydrogen-bond acceptors (Lipinski definition) is 2. The number of carbonyl (C=O) groups is 1. The van der Waals surface area contributed by atoms with Crippen LogP contribution in [0.5, 0.6) is 0 Å². The summed E-state index contributed by atoms with van der Waals surface area (Å²) in [6.07, 6.45) is 0.936. The van der Waals surface area contributed by atoms with Crippen molar-refractivity contribution in [1.82, 2.24) is 0 Å². The van der Waals surface area contributed by atoms with Crippen LogP contribution in [0.2, 0.25) is 0 Å². The van der Waals surface area contributed by atoms with Crippen molar-refractivity contribution in [2.75, 3.05) is 18.0 Å². The van der Waals surface area contributed by atoms with Crippen molar-refractivity contribution in [1.29, 1.82) is 0 Å². The molecule has 0 amide bonds. The van der Waals surface area contributed by atoms with E-state index in [1.165, 1.54) is 5.56 Å². The summed E-state index contributed by atoms with van der Waals surface area (Å²) in [6.45, 7) is 5.44. The first-order valence-electron chi connectivity index (χ1n) is 4.53. The number of rotatable bonds is 4. The molecular weight excluding hydrogens is 371 g/mol. The summed E-state index contributed by atoms with van der Waals surface area (Å²) < 4.78 is 0. The summed E-state index contributed by atoms with van der Waals surface area (Å²) in [5.41, 5.74) is 2.34. The molecule has 0 unspecified atom stereocenters. The van der Waals surface area contributed by atoms with Gasteiger partial charge < -0.3 is 9.69 Å². The second-order valence-corrected chi connectivity index (χ2v) is 3.04. The molecule has 0 radical (unpaired) electrons. The molecule has 0 fully saturated rings. The number of aldehydes is 1. The zero-order valence-corrected chi connectivity index (χ0v) is 14.4. The minimum atomic E-state index is 0. The fourth-order valence-electron chi connectivity index (χ4n) is 1.33. The molecule has 0 aliphatic rings. The zero-order chi connectivity index (χ0) is 9.68. The second kappa shape index (κ2) is 6.94. The van der Waals surface area contributed by atoms with Gasteiger partial charge in [0.25, 0.3) is 0 Å². The van der Waals surface area contributed by atoms with Crippen molar-refractivity contribution < 1.29 is 4.79 Å². The molecule has 0 heterocycles. The molecule has 1 aromatic rings. The molecule has 14 heavy (non-hydrogen) atoms. The molecule has 0 N–H and O–H groups in total. The minimum absolute atomic E-state index is 0. The van der Waals surface area contributed by atoms with Crippen molar-refractivity contribution >= 4 is 38.2 Å². The first-order chi connectivity index (χ1) is 6.27. The van der Waals surface area contributed by atoms with E-state index in [1.54, 1.807) is 0 Å². The van der Waals surface area contributed by atoms with E-state index in [0.29, 0.717) is 6.54 Å². The van der Waals surface area contributed by atoms with Gasteiger partial charge in [0.05, 0.1) is 6.54 Å². The van der Waals surface area contributed by atoms with Crippen LogP contribution in [0.4, 0.5) is 5.69 Å². The van der Waals surface area contributed by atoms with Gasteiger partial charge in [0.2, 0.25) is 0 Å². The number of hydrogen-bond donors (Lipinski definition) is 0. The molecular formula is C11H18BiNO. The average Bonchev–Trinajstić information content (AvgIpc) is 2.14. The monoisotopic (exact) mass is 389 g/mol. The van der Waals surface area contributed by atoms with E-state index in [0.717, 1.165) is 18.5 Å². The molecule has 0 saturated carbocycles. The van der Waals surface area contributed by atoms with Gasteiger partial charge in [-0.05, 0) is 31.5 Å². The van der Waals surface area contributed by atoms with E-state index in [9.17, 15) is 4.79 Å². The third kappa shape index (κ3) is 3.75. The van der Waals surface area contributed by atoms with E-state index < -0.39 is 0 Å². The van der Waals surface area contributed by atoms with Crippen LogP contribution in [0.1, 0.15) is 12.5 Å². The third-order valence-electron chi connectivity index (χ3n) is 2.04. The van der Waals surface area contributed by atoms with Gasteiger partial charge in [0.15, 0.2) is 0 Å². The summed E-state index contributed by atoms with van der Waals surface area (Å²) in [6, 6.07) is 8.18. The number of nitrogens with zero attached hydrogens (tertiary/aromatic N) is 1. The van der Waals surface area contributed by atoms with Crippen molar-refractivity contribution in [3.05, 3.63) is 29.8 Å². The normalized spacial score (nSPS) is 9.00. The van der Waals surface area contributed by atoms with Gasteiger partial charge in [-0.15, -0.1) is 0 Å². The molecule has 0 saturated heterocycles. The Kier molecular flexibility index (Phi) is 6.73. The summed E-state index contributed by atoms with van der Waals surface area (Å²) >= 11 is 0. The molecule has 0 spiro atoms. The Labute approximate surface area is 104 Å². The standard InChI is InChI=1S/C11H15NO.Bi.3H/c1-3-12(7-8-13)11-6-4-5-10(2)9-11;;;;/h4-6,8-9H,3,7H2,1-2H3;;;;. The van der Waals surface area contributed by atoms with Gasteiger partial charge in [-0.25, -0.2) is 0 Å². The number of aryl methyl sites for hydroxylation is 1. The fourth-order valence-corrected chi connectivity index (χ4v) is 1.33. The van der Waals surface area contributed by atoms with Crippen LogP contribution in [-0.4, -0.2) is 45.6 Å². The van der Waals surface area contributed by atoms with Gasteiger partial charge >= 0.3 is 26.2 Å². The van der Waals surface area contributed by atoms with Gasteiger partial charge in [-0.3, -0.25) is 0 Å². The summed E-state index contributed by atoms with van der Waals surface area (Å²) in [5.74, 6) is 0. The summed E-state index contributed by atoms with van der Waals surface area (Å²) in [5, 5.41) is 0. The van der Waals surface area contributed by atoms with Gasteiger partial charge in [0, 0.05) is 12.2 Å². The van der Waals surface area contributed by atoms with Crippen molar-refractivity contribution in [3.63, 3.8) is 0 Å². The van der Waals surface area contributed by atoms with E-state index in [1.807, 2.05) is 24.0 Å². The molecule has 3 heteroatoms. The first kappa shape index (κ1) is 13.6. The average molecular weight is 389 g/mol. The van der Waals surface area contributed by atoms with Crippen LogP contribution in [0, 0.1) is 6.92 Å². The second-order valence-electron chi connectivity index (χ2n) is 3.04. The Morgan fingerprint density at radius 3 is 2.64 bits per heavy atom. The Balaban J connectivity index is 0.00000169. The zero-order valence-electron chi connectivity index (χ0n) is 8.86. The Bertz CT molecular complexity index is 288. The van der Waals surface area contributed by atoms with Crippen molar-refractivity contribution in [2.24, 2.45) is 0 Å². The Morgan fingerprint density at radius 2 is 2.14 bits per heavy atom. The molecule has 2 nitrogen and oxygen atoms in total. The van der Waals surface area contributed by atoms with E-state index in [4.69, 9.17) is 0 Å². The van der Waals surface area contributed by atoms with Gasteiger partial charge in [-0.2, -0.15) is 0 Å². The molecule has 0 aromatic heterocycles. The third-order valence-corrected chi connectivity index (χ3v) is 2.04. The summed E-state index contributed by atoms with van der Waals surface area (Å²) in [7, 11) is 0. The number of anilines is 1. The predicted octanol–water partition coefficient (Wildman–Crippen LogP) is 0.836.